The van der Waals surface area contributed by atoms with Crippen LogP contribution in [-0.2, 0) is 9.59 Å². The minimum absolute atomic E-state index is 0.178. The fourth-order valence-corrected chi connectivity index (χ4v) is 2.26. The van der Waals surface area contributed by atoms with Crippen molar-refractivity contribution < 1.29 is 9.59 Å². The molecule has 1 fully saturated rings. The van der Waals surface area contributed by atoms with Crippen LogP contribution >= 0.6 is 0 Å². The van der Waals surface area contributed by atoms with E-state index in [2.05, 4.69) is 13.8 Å². The molecule has 1 rings (SSSR count). The van der Waals surface area contributed by atoms with Crippen molar-refractivity contribution in [2.75, 3.05) is 6.54 Å². The van der Waals surface area contributed by atoms with E-state index < -0.39 is 0 Å². The highest BCUT2D eigenvalue weighted by molar-refractivity contribution is 5.80. The van der Waals surface area contributed by atoms with Crippen molar-refractivity contribution in [2.24, 2.45) is 5.92 Å². The molecule has 0 aliphatic carbocycles. The van der Waals surface area contributed by atoms with Gasteiger partial charge in [-0.2, -0.15) is 0 Å². The summed E-state index contributed by atoms with van der Waals surface area (Å²) in [5.41, 5.74) is 0. The minimum atomic E-state index is 0.178. The second-order valence-corrected chi connectivity index (χ2v) is 5.22. The predicted molar refractivity (Wildman–Crippen MR) is 64.1 cm³/mol. The summed E-state index contributed by atoms with van der Waals surface area (Å²) >= 11 is 0. The lowest BCUT2D eigenvalue weighted by molar-refractivity contribution is -0.133. The summed E-state index contributed by atoms with van der Waals surface area (Å²) in [6.07, 6.45) is 4.15. The van der Waals surface area contributed by atoms with Crippen molar-refractivity contribution in [2.45, 2.75) is 58.9 Å². The van der Waals surface area contributed by atoms with Crippen LogP contribution in [0, 0.1) is 5.92 Å². The Morgan fingerprint density at radius 3 is 2.62 bits per heavy atom. The summed E-state index contributed by atoms with van der Waals surface area (Å²) < 4.78 is 0. The Bertz CT molecular complexity index is 261. The average Bonchev–Trinajstić information content (AvgIpc) is 2.61. The molecular formula is C13H23NO2. The molecule has 1 unspecified atom stereocenters. The Morgan fingerprint density at radius 1 is 1.38 bits per heavy atom. The summed E-state index contributed by atoms with van der Waals surface area (Å²) in [5.74, 6) is 0.990. The Kier molecular flexibility index (Phi) is 4.97. The smallest absolute Gasteiger partial charge is 0.222 e. The monoisotopic (exact) mass is 225 g/mol. The van der Waals surface area contributed by atoms with Gasteiger partial charge in [-0.05, 0) is 32.1 Å². The van der Waals surface area contributed by atoms with Crippen LogP contribution in [-0.4, -0.2) is 29.2 Å². The molecule has 3 nitrogen and oxygen atoms in total. The Morgan fingerprint density at radius 2 is 2.06 bits per heavy atom. The maximum Gasteiger partial charge on any atom is 0.222 e. The fourth-order valence-electron chi connectivity index (χ4n) is 2.26. The van der Waals surface area contributed by atoms with Crippen LogP contribution in [0.3, 0.4) is 0 Å². The molecule has 1 aliphatic heterocycles. The lowest BCUT2D eigenvalue weighted by Crippen LogP contribution is -2.36. The van der Waals surface area contributed by atoms with Crippen molar-refractivity contribution in [3.63, 3.8) is 0 Å². The largest absolute Gasteiger partial charge is 0.339 e. The lowest BCUT2D eigenvalue weighted by atomic mass is 10.1. The predicted octanol–water partition coefficient (Wildman–Crippen LogP) is 2.39. The van der Waals surface area contributed by atoms with Crippen LogP contribution in [0.2, 0.25) is 0 Å². The van der Waals surface area contributed by atoms with Crippen molar-refractivity contribution in [1.82, 2.24) is 4.90 Å². The first-order chi connectivity index (χ1) is 7.50. The number of amides is 1. The van der Waals surface area contributed by atoms with Crippen molar-refractivity contribution >= 4 is 11.7 Å². The number of Topliss-reactive ketones (excluding diaryl/α,β-unsaturated/α-hetero) is 1. The van der Waals surface area contributed by atoms with Crippen LogP contribution in [0.1, 0.15) is 52.9 Å². The molecule has 0 N–H and O–H groups in total. The van der Waals surface area contributed by atoms with E-state index in [-0.39, 0.29) is 17.7 Å². The van der Waals surface area contributed by atoms with E-state index in [9.17, 15) is 9.59 Å². The Hall–Kier alpha value is -0.860. The first kappa shape index (κ1) is 13.2. The number of hydrogen-bond donors (Lipinski definition) is 0. The minimum Gasteiger partial charge on any atom is -0.339 e. The van der Waals surface area contributed by atoms with Crippen LogP contribution < -0.4 is 0 Å². The number of nitrogens with zero attached hydrogens (tertiary/aromatic N) is 1. The molecule has 0 spiro atoms. The molecule has 1 atom stereocenters. The maximum absolute atomic E-state index is 12.0. The number of carbonyl (C=O) groups is 2. The van der Waals surface area contributed by atoms with Gasteiger partial charge in [0.25, 0.3) is 0 Å². The van der Waals surface area contributed by atoms with Gasteiger partial charge in [-0.25, -0.2) is 0 Å². The maximum atomic E-state index is 12.0. The van der Waals surface area contributed by atoms with Gasteiger partial charge in [0.05, 0.1) is 0 Å². The fraction of sp³-hybridized carbons (Fsp3) is 0.846. The molecule has 1 saturated heterocycles. The van der Waals surface area contributed by atoms with E-state index >= 15 is 0 Å². The zero-order valence-corrected chi connectivity index (χ0v) is 10.7. The Balaban J connectivity index is 2.44. The highest BCUT2D eigenvalue weighted by Gasteiger charge is 2.28. The molecule has 0 aromatic carbocycles. The molecule has 0 aromatic heterocycles. The van der Waals surface area contributed by atoms with E-state index in [0.717, 1.165) is 25.8 Å². The van der Waals surface area contributed by atoms with E-state index in [0.29, 0.717) is 18.8 Å². The van der Waals surface area contributed by atoms with Gasteiger partial charge < -0.3 is 4.90 Å². The van der Waals surface area contributed by atoms with E-state index in [1.54, 1.807) is 6.92 Å². The van der Waals surface area contributed by atoms with Gasteiger partial charge in [-0.3, -0.25) is 9.59 Å². The standard InChI is InChI=1S/C13H23NO2/c1-10(2)6-7-13(16)14-8-4-5-12(14)9-11(3)15/h10,12H,4-9H2,1-3H3. The molecule has 16 heavy (non-hydrogen) atoms. The summed E-state index contributed by atoms with van der Waals surface area (Å²) in [6.45, 7) is 6.71. The van der Waals surface area contributed by atoms with E-state index in [1.165, 1.54) is 0 Å². The summed E-state index contributed by atoms with van der Waals surface area (Å²) in [4.78, 5) is 25.0. The lowest BCUT2D eigenvalue weighted by Gasteiger charge is -2.24. The summed E-state index contributed by atoms with van der Waals surface area (Å²) in [6, 6.07) is 0.178. The number of likely N-dealkylation sites (tertiary alicyclic amines) is 1. The van der Waals surface area contributed by atoms with Crippen LogP contribution in [0.15, 0.2) is 0 Å². The number of rotatable bonds is 5. The highest BCUT2D eigenvalue weighted by atomic mass is 16.2. The van der Waals surface area contributed by atoms with Gasteiger partial charge in [0.15, 0.2) is 0 Å². The van der Waals surface area contributed by atoms with Gasteiger partial charge in [0.2, 0.25) is 5.91 Å². The molecule has 1 amide bonds. The van der Waals surface area contributed by atoms with Crippen molar-refractivity contribution in [1.29, 1.82) is 0 Å². The molecule has 1 aliphatic rings. The van der Waals surface area contributed by atoms with Crippen molar-refractivity contribution in [3.05, 3.63) is 0 Å². The third-order valence-electron chi connectivity index (χ3n) is 3.16. The molecule has 92 valence electrons. The molecule has 0 bridgehead atoms. The zero-order chi connectivity index (χ0) is 12.1. The second-order valence-electron chi connectivity index (χ2n) is 5.22. The summed E-state index contributed by atoms with van der Waals surface area (Å²) in [7, 11) is 0. The van der Waals surface area contributed by atoms with Crippen LogP contribution in [0.5, 0.6) is 0 Å². The van der Waals surface area contributed by atoms with Crippen LogP contribution in [0.4, 0.5) is 0 Å². The topological polar surface area (TPSA) is 37.4 Å². The average molecular weight is 225 g/mol. The summed E-state index contributed by atoms with van der Waals surface area (Å²) in [5, 5.41) is 0. The van der Waals surface area contributed by atoms with Crippen molar-refractivity contribution in [3.8, 4) is 0 Å². The number of hydrogen-bond acceptors (Lipinski definition) is 2. The number of ketones is 1. The molecule has 0 saturated carbocycles. The van der Waals surface area contributed by atoms with E-state index in [4.69, 9.17) is 0 Å². The van der Waals surface area contributed by atoms with Gasteiger partial charge in [0.1, 0.15) is 5.78 Å². The molecule has 3 heteroatoms. The van der Waals surface area contributed by atoms with E-state index in [1.807, 2.05) is 4.90 Å². The highest BCUT2D eigenvalue weighted by Crippen LogP contribution is 2.22. The molecule has 0 aromatic rings. The molecule has 0 radical (unpaired) electrons. The van der Waals surface area contributed by atoms with Gasteiger partial charge >= 0.3 is 0 Å². The zero-order valence-electron chi connectivity index (χ0n) is 10.7. The molecule has 1 heterocycles. The first-order valence-corrected chi connectivity index (χ1v) is 6.29. The first-order valence-electron chi connectivity index (χ1n) is 6.29. The SMILES string of the molecule is CC(=O)CC1CCCN1C(=O)CCC(C)C. The third-order valence-corrected chi connectivity index (χ3v) is 3.16. The van der Waals surface area contributed by atoms with Gasteiger partial charge in [-0.1, -0.05) is 13.8 Å². The second kappa shape index (κ2) is 6.02. The number of carbonyl (C=O) groups excluding carboxylic acids is 2. The van der Waals surface area contributed by atoms with Gasteiger partial charge in [0, 0.05) is 25.4 Å². The third kappa shape index (κ3) is 3.95. The Labute approximate surface area is 98.2 Å². The molecular weight excluding hydrogens is 202 g/mol. The van der Waals surface area contributed by atoms with Gasteiger partial charge in [-0.15, -0.1) is 0 Å². The normalized spacial score (nSPS) is 20.5. The van der Waals surface area contributed by atoms with Crippen LogP contribution in [0.25, 0.3) is 0 Å². The quantitative estimate of drug-likeness (QED) is 0.720.